The molecule has 0 aromatic heterocycles. The van der Waals surface area contributed by atoms with Crippen LogP contribution in [0.4, 0.5) is 5.69 Å². The third kappa shape index (κ3) is 4.04. The molecule has 0 aliphatic rings. The number of carbonyl (C=O) groups is 2. The van der Waals surface area contributed by atoms with Gasteiger partial charge in [-0.3, -0.25) is 4.79 Å². The van der Waals surface area contributed by atoms with Gasteiger partial charge in [0.1, 0.15) is 17.1 Å². The van der Waals surface area contributed by atoms with Gasteiger partial charge < -0.3 is 19.9 Å². The van der Waals surface area contributed by atoms with Crippen LogP contribution in [0.2, 0.25) is 0 Å². The molecular weight excluding hydrogens is 310 g/mol. The number of hydrogen-bond donors (Lipinski definition) is 2. The fraction of sp³-hybridized carbons (Fsp3) is 0.222. The molecule has 0 saturated heterocycles. The first-order valence-electron chi connectivity index (χ1n) is 7.37. The summed E-state index contributed by atoms with van der Waals surface area (Å²) in [6.45, 7) is 3.24. The molecule has 0 bridgehead atoms. The van der Waals surface area contributed by atoms with E-state index in [1.165, 1.54) is 26.2 Å². The van der Waals surface area contributed by atoms with Gasteiger partial charge in [-0.15, -0.1) is 0 Å². The standard InChI is InChI=1S/C18H19NO5/c1-11-8-9-15(20)13(10-11)18(22)24-12(2)17(21)19-14-6-4-5-7-16(14)23-3/h4-10,12,20H,1-3H3,(H,19,21)/t12-/m1/s1. The van der Waals surface area contributed by atoms with E-state index >= 15 is 0 Å². The van der Waals surface area contributed by atoms with Gasteiger partial charge in [0.05, 0.1) is 12.8 Å². The summed E-state index contributed by atoms with van der Waals surface area (Å²) in [5, 5.41) is 12.4. The molecule has 0 radical (unpaired) electrons. The fourth-order valence-electron chi connectivity index (χ4n) is 2.07. The Labute approximate surface area is 140 Å². The molecule has 2 aromatic carbocycles. The summed E-state index contributed by atoms with van der Waals surface area (Å²) in [4.78, 5) is 24.3. The minimum atomic E-state index is -1.04. The van der Waals surface area contributed by atoms with Crippen LogP contribution in [-0.2, 0) is 9.53 Å². The van der Waals surface area contributed by atoms with Crippen LogP contribution in [0.15, 0.2) is 42.5 Å². The SMILES string of the molecule is COc1ccccc1NC(=O)[C@@H](C)OC(=O)c1cc(C)ccc1O. The first-order chi connectivity index (χ1) is 11.4. The Hall–Kier alpha value is -3.02. The molecule has 0 spiro atoms. The molecule has 0 saturated carbocycles. The Morgan fingerprint density at radius 3 is 2.58 bits per heavy atom. The summed E-state index contributed by atoms with van der Waals surface area (Å²) in [6, 6.07) is 11.5. The van der Waals surface area contributed by atoms with E-state index in [-0.39, 0.29) is 11.3 Å². The van der Waals surface area contributed by atoms with Crippen LogP contribution < -0.4 is 10.1 Å². The zero-order valence-electron chi connectivity index (χ0n) is 13.7. The van der Waals surface area contributed by atoms with Gasteiger partial charge in [-0.1, -0.05) is 23.8 Å². The number of esters is 1. The molecule has 0 fully saturated rings. The number of aromatic hydroxyl groups is 1. The molecule has 0 unspecified atom stereocenters. The molecule has 0 aliphatic heterocycles. The number of para-hydroxylation sites is 2. The van der Waals surface area contributed by atoms with Crippen molar-refractivity contribution < 1.29 is 24.2 Å². The predicted octanol–water partition coefficient (Wildman–Crippen LogP) is 2.89. The topological polar surface area (TPSA) is 84.9 Å². The zero-order valence-corrected chi connectivity index (χ0v) is 13.7. The van der Waals surface area contributed by atoms with Gasteiger partial charge >= 0.3 is 5.97 Å². The maximum absolute atomic E-state index is 12.2. The van der Waals surface area contributed by atoms with Gasteiger partial charge in [0.15, 0.2) is 6.10 Å². The summed E-state index contributed by atoms with van der Waals surface area (Å²) in [6.07, 6.45) is -1.04. The number of nitrogens with one attached hydrogen (secondary N) is 1. The number of amides is 1. The number of hydrogen-bond acceptors (Lipinski definition) is 5. The number of phenolic OH excluding ortho intramolecular Hbond substituents is 1. The van der Waals surface area contributed by atoms with Gasteiger partial charge in [-0.2, -0.15) is 0 Å². The Bertz CT molecular complexity index is 757. The molecule has 2 aromatic rings. The Morgan fingerprint density at radius 1 is 1.17 bits per heavy atom. The number of aryl methyl sites for hydroxylation is 1. The lowest BCUT2D eigenvalue weighted by Gasteiger charge is -2.15. The minimum Gasteiger partial charge on any atom is -0.507 e. The highest BCUT2D eigenvalue weighted by molar-refractivity contribution is 5.99. The quantitative estimate of drug-likeness (QED) is 0.824. The van der Waals surface area contributed by atoms with Crippen molar-refractivity contribution in [2.24, 2.45) is 0 Å². The van der Waals surface area contributed by atoms with E-state index in [1.807, 2.05) is 0 Å². The summed E-state index contributed by atoms with van der Waals surface area (Å²) in [5.74, 6) is -0.956. The average Bonchev–Trinajstić information content (AvgIpc) is 2.57. The molecule has 6 heteroatoms. The second-order valence-electron chi connectivity index (χ2n) is 5.26. The number of methoxy groups -OCH3 is 1. The van der Waals surface area contributed by atoms with Crippen LogP contribution in [0.5, 0.6) is 11.5 Å². The fourth-order valence-corrected chi connectivity index (χ4v) is 2.07. The highest BCUT2D eigenvalue weighted by Gasteiger charge is 2.21. The van der Waals surface area contributed by atoms with Crippen LogP contribution >= 0.6 is 0 Å². The highest BCUT2D eigenvalue weighted by atomic mass is 16.5. The van der Waals surface area contributed by atoms with Crippen molar-refractivity contribution in [1.29, 1.82) is 0 Å². The van der Waals surface area contributed by atoms with Gasteiger partial charge in [0.2, 0.25) is 0 Å². The van der Waals surface area contributed by atoms with Crippen molar-refractivity contribution in [2.75, 3.05) is 12.4 Å². The van der Waals surface area contributed by atoms with Gasteiger partial charge in [0, 0.05) is 0 Å². The van der Waals surface area contributed by atoms with E-state index < -0.39 is 18.0 Å². The smallest absolute Gasteiger partial charge is 0.342 e. The molecule has 1 atom stereocenters. The van der Waals surface area contributed by atoms with Crippen molar-refractivity contribution in [3.05, 3.63) is 53.6 Å². The number of rotatable bonds is 5. The van der Waals surface area contributed by atoms with Crippen molar-refractivity contribution in [3.8, 4) is 11.5 Å². The van der Waals surface area contributed by atoms with Crippen LogP contribution in [0.1, 0.15) is 22.8 Å². The maximum atomic E-state index is 12.2. The van der Waals surface area contributed by atoms with Gasteiger partial charge in [-0.05, 0) is 38.1 Å². The van der Waals surface area contributed by atoms with E-state index in [2.05, 4.69) is 5.32 Å². The Balaban J connectivity index is 2.06. The van der Waals surface area contributed by atoms with Gasteiger partial charge in [0.25, 0.3) is 5.91 Å². The molecular formula is C18H19NO5. The summed E-state index contributed by atoms with van der Waals surface area (Å²) < 4.78 is 10.3. The number of benzene rings is 2. The van der Waals surface area contributed by atoms with Crippen LogP contribution in [0.3, 0.4) is 0 Å². The third-order valence-corrected chi connectivity index (χ3v) is 3.39. The number of anilines is 1. The normalized spacial score (nSPS) is 11.5. The van der Waals surface area contributed by atoms with E-state index in [9.17, 15) is 14.7 Å². The van der Waals surface area contributed by atoms with Crippen LogP contribution in [-0.4, -0.2) is 30.2 Å². The van der Waals surface area contributed by atoms with Crippen molar-refractivity contribution in [3.63, 3.8) is 0 Å². The Kier molecular flexibility index (Phi) is 5.42. The average molecular weight is 329 g/mol. The number of ether oxygens (including phenoxy) is 2. The van der Waals surface area contributed by atoms with Crippen molar-refractivity contribution in [1.82, 2.24) is 0 Å². The van der Waals surface area contributed by atoms with E-state index in [4.69, 9.17) is 9.47 Å². The lowest BCUT2D eigenvalue weighted by atomic mass is 10.1. The molecule has 0 heterocycles. The Morgan fingerprint density at radius 2 is 1.88 bits per heavy atom. The predicted molar refractivity (Wildman–Crippen MR) is 89.3 cm³/mol. The van der Waals surface area contributed by atoms with Crippen LogP contribution in [0, 0.1) is 6.92 Å². The lowest BCUT2D eigenvalue weighted by molar-refractivity contribution is -0.123. The van der Waals surface area contributed by atoms with Crippen molar-refractivity contribution >= 4 is 17.6 Å². The maximum Gasteiger partial charge on any atom is 0.342 e. The number of carbonyl (C=O) groups excluding carboxylic acids is 2. The molecule has 1 amide bonds. The van der Waals surface area contributed by atoms with E-state index in [0.717, 1.165) is 5.56 Å². The monoisotopic (exact) mass is 329 g/mol. The van der Waals surface area contributed by atoms with Gasteiger partial charge in [-0.25, -0.2) is 4.79 Å². The molecule has 2 rings (SSSR count). The summed E-state index contributed by atoms with van der Waals surface area (Å²) in [5.41, 5.74) is 1.30. The lowest BCUT2D eigenvalue weighted by Crippen LogP contribution is -2.30. The van der Waals surface area contributed by atoms with E-state index in [1.54, 1.807) is 37.3 Å². The second-order valence-corrected chi connectivity index (χ2v) is 5.26. The minimum absolute atomic E-state index is 0.0203. The zero-order chi connectivity index (χ0) is 17.7. The summed E-state index contributed by atoms with van der Waals surface area (Å²) in [7, 11) is 1.49. The number of phenols is 1. The molecule has 2 N–H and O–H groups in total. The molecule has 0 aliphatic carbocycles. The van der Waals surface area contributed by atoms with Crippen molar-refractivity contribution in [2.45, 2.75) is 20.0 Å². The summed E-state index contributed by atoms with van der Waals surface area (Å²) >= 11 is 0. The highest BCUT2D eigenvalue weighted by Crippen LogP contribution is 2.24. The third-order valence-electron chi connectivity index (χ3n) is 3.39. The second kappa shape index (κ2) is 7.50. The van der Waals surface area contributed by atoms with Crippen LogP contribution in [0.25, 0.3) is 0 Å². The molecule has 126 valence electrons. The van der Waals surface area contributed by atoms with E-state index in [0.29, 0.717) is 11.4 Å². The first-order valence-corrected chi connectivity index (χ1v) is 7.37. The molecule has 24 heavy (non-hydrogen) atoms. The first kappa shape index (κ1) is 17.3. The largest absolute Gasteiger partial charge is 0.507 e. The molecule has 6 nitrogen and oxygen atoms in total.